The molecule has 6 nitrogen and oxygen atoms in total. The van der Waals surface area contributed by atoms with Crippen LogP contribution in [0.15, 0.2) is 97.2 Å². The van der Waals surface area contributed by atoms with Crippen LogP contribution in [0.2, 0.25) is 0 Å². The van der Waals surface area contributed by atoms with Crippen molar-refractivity contribution in [2.75, 3.05) is 13.2 Å². The third-order valence-electron chi connectivity index (χ3n) is 11.6. The fourth-order valence-electron chi connectivity index (χ4n) is 7.39. The molecule has 0 rings (SSSR count). The first kappa shape index (κ1) is 63.3. The summed E-state index contributed by atoms with van der Waals surface area (Å²) in [7, 11) is 0. The molecule has 0 aromatic heterocycles. The highest BCUT2D eigenvalue weighted by Gasteiger charge is 2.19. The number of allylic oxidation sites excluding steroid dienone is 16. The molecule has 0 aliphatic rings. The molecule has 382 valence electrons. The average Bonchev–Trinajstić information content (AvgIpc) is 3.33. The number of unbranched alkanes of at least 4 members (excludes halogenated alkanes) is 23. The highest BCUT2D eigenvalue weighted by atomic mass is 16.6. The van der Waals surface area contributed by atoms with E-state index < -0.39 is 6.10 Å². The SMILES string of the molecule is CC/C=C\C/C=C\C/C=C\C/C=C\CCCCCC(=O)OC(COC(=O)CCCCC/C=C\C=C/CCCCCCCCC)COC(=O)CCCCCCCCC/C=C\C/C=C\CCCCC. The number of esters is 3. The van der Waals surface area contributed by atoms with Crippen LogP contribution in [-0.2, 0) is 28.6 Å². The third kappa shape index (κ3) is 53.2. The lowest BCUT2D eigenvalue weighted by molar-refractivity contribution is -0.167. The minimum Gasteiger partial charge on any atom is -0.462 e. The van der Waals surface area contributed by atoms with Gasteiger partial charge in [0.05, 0.1) is 0 Å². The van der Waals surface area contributed by atoms with Crippen LogP contribution in [0.3, 0.4) is 0 Å². The molecule has 1 unspecified atom stereocenters. The molecule has 0 amide bonds. The molecule has 0 N–H and O–H groups in total. The Morgan fingerprint density at radius 3 is 1.04 bits per heavy atom. The molecule has 0 aromatic carbocycles. The van der Waals surface area contributed by atoms with E-state index >= 15 is 0 Å². The van der Waals surface area contributed by atoms with Gasteiger partial charge >= 0.3 is 17.9 Å². The molecule has 0 radical (unpaired) electrons. The van der Waals surface area contributed by atoms with Crippen molar-refractivity contribution in [1.29, 1.82) is 0 Å². The fraction of sp³-hybridized carbons (Fsp3) is 0.689. The predicted molar refractivity (Wildman–Crippen MR) is 288 cm³/mol. The van der Waals surface area contributed by atoms with Gasteiger partial charge in [0.25, 0.3) is 0 Å². The molecular weight excluding hydrogens is 829 g/mol. The number of hydrogen-bond acceptors (Lipinski definition) is 6. The lowest BCUT2D eigenvalue weighted by Gasteiger charge is -2.18. The second-order valence-corrected chi connectivity index (χ2v) is 18.1. The third-order valence-corrected chi connectivity index (χ3v) is 11.6. The largest absolute Gasteiger partial charge is 0.462 e. The Morgan fingerprint density at radius 1 is 0.328 bits per heavy atom. The number of carbonyl (C=O) groups is 3. The number of carbonyl (C=O) groups excluding carboxylic acids is 3. The van der Waals surface area contributed by atoms with Gasteiger partial charge in [-0.1, -0.05) is 214 Å². The molecule has 0 saturated carbocycles. The van der Waals surface area contributed by atoms with Crippen molar-refractivity contribution in [2.45, 2.75) is 258 Å². The van der Waals surface area contributed by atoms with Crippen molar-refractivity contribution < 1.29 is 28.6 Å². The molecule has 0 spiro atoms. The van der Waals surface area contributed by atoms with Crippen LogP contribution in [0.1, 0.15) is 252 Å². The standard InChI is InChI=1S/C61H102O6/c1-4-7-10-13-16-19-22-25-28-31-34-36-39-42-45-48-51-54-60(63)66-57-58(67-61(64)55-52-49-46-43-40-37-33-30-27-24-21-18-15-12-9-6-3)56-65-59(62)53-50-47-44-41-38-35-32-29-26-23-20-17-14-11-8-5-2/h9,12,16,18-19,21,25,27-30,32,35,37-38,40,58H,4-8,10-11,13-15,17,20,22-24,26,31,33-34,36,39,41-57H2,1-3H3/b12-9-,19-16-,21-18-,28-25-,30-27-,32-29-,38-35-,40-37-. The van der Waals surface area contributed by atoms with Crippen molar-refractivity contribution >= 4 is 17.9 Å². The summed E-state index contributed by atoms with van der Waals surface area (Å²) in [5, 5.41) is 0. The second-order valence-electron chi connectivity index (χ2n) is 18.1. The lowest BCUT2D eigenvalue weighted by Crippen LogP contribution is -2.30. The lowest BCUT2D eigenvalue weighted by atomic mass is 10.1. The van der Waals surface area contributed by atoms with Gasteiger partial charge in [0.15, 0.2) is 6.10 Å². The first-order valence-corrected chi connectivity index (χ1v) is 27.8. The molecule has 0 heterocycles. The molecule has 0 aliphatic heterocycles. The molecule has 67 heavy (non-hydrogen) atoms. The Hall–Kier alpha value is -3.67. The maximum absolute atomic E-state index is 12.8. The van der Waals surface area contributed by atoms with Crippen molar-refractivity contribution in [1.82, 2.24) is 0 Å². The zero-order valence-electron chi connectivity index (χ0n) is 43.6. The van der Waals surface area contributed by atoms with Crippen molar-refractivity contribution in [3.05, 3.63) is 97.2 Å². The number of hydrogen-bond donors (Lipinski definition) is 0. The molecule has 0 aliphatic carbocycles. The van der Waals surface area contributed by atoms with Crippen LogP contribution in [0.25, 0.3) is 0 Å². The quantitative estimate of drug-likeness (QED) is 0.0199. The van der Waals surface area contributed by atoms with Gasteiger partial charge in [0, 0.05) is 19.3 Å². The highest BCUT2D eigenvalue weighted by molar-refractivity contribution is 5.71. The Balaban J connectivity index is 4.50. The summed E-state index contributed by atoms with van der Waals surface area (Å²) in [5.74, 6) is -0.969. The molecule has 0 fully saturated rings. The summed E-state index contributed by atoms with van der Waals surface area (Å²) < 4.78 is 16.8. The van der Waals surface area contributed by atoms with E-state index in [1.54, 1.807) is 0 Å². The van der Waals surface area contributed by atoms with Crippen LogP contribution >= 0.6 is 0 Å². The highest BCUT2D eigenvalue weighted by Crippen LogP contribution is 2.13. The van der Waals surface area contributed by atoms with Crippen molar-refractivity contribution in [2.24, 2.45) is 0 Å². The van der Waals surface area contributed by atoms with E-state index in [-0.39, 0.29) is 37.5 Å². The minimum atomic E-state index is -0.810. The van der Waals surface area contributed by atoms with Crippen LogP contribution in [0.5, 0.6) is 0 Å². The molecule has 0 saturated heterocycles. The average molecular weight is 931 g/mol. The maximum atomic E-state index is 12.8. The number of rotatable bonds is 49. The minimum absolute atomic E-state index is 0.104. The second kappa shape index (κ2) is 54.9. The van der Waals surface area contributed by atoms with E-state index in [9.17, 15) is 14.4 Å². The zero-order chi connectivity index (χ0) is 48.6. The first-order valence-electron chi connectivity index (χ1n) is 27.8. The van der Waals surface area contributed by atoms with E-state index in [0.29, 0.717) is 12.8 Å². The Kier molecular flexibility index (Phi) is 51.9. The van der Waals surface area contributed by atoms with E-state index in [2.05, 4.69) is 118 Å². The molecule has 1 atom stereocenters. The topological polar surface area (TPSA) is 78.9 Å². The monoisotopic (exact) mass is 931 g/mol. The van der Waals surface area contributed by atoms with Gasteiger partial charge in [-0.05, 0) is 116 Å². The first-order chi connectivity index (χ1) is 33.0. The van der Waals surface area contributed by atoms with E-state index in [1.165, 1.54) is 96.3 Å². The summed E-state index contributed by atoms with van der Waals surface area (Å²) in [5.41, 5.74) is 0. The van der Waals surface area contributed by atoms with Gasteiger partial charge in [-0.2, -0.15) is 0 Å². The molecule has 0 aromatic rings. The summed E-state index contributed by atoms with van der Waals surface area (Å²) in [6.45, 7) is 6.44. The maximum Gasteiger partial charge on any atom is 0.306 e. The van der Waals surface area contributed by atoms with Crippen LogP contribution < -0.4 is 0 Å². The van der Waals surface area contributed by atoms with Gasteiger partial charge < -0.3 is 14.2 Å². The van der Waals surface area contributed by atoms with Crippen LogP contribution in [0, 0.1) is 0 Å². The molecule has 0 bridgehead atoms. The van der Waals surface area contributed by atoms with Gasteiger partial charge in [-0.15, -0.1) is 0 Å². The summed E-state index contributed by atoms with van der Waals surface area (Å²) >= 11 is 0. The zero-order valence-corrected chi connectivity index (χ0v) is 43.6. The van der Waals surface area contributed by atoms with E-state index in [0.717, 1.165) is 116 Å². The smallest absolute Gasteiger partial charge is 0.306 e. The van der Waals surface area contributed by atoms with Gasteiger partial charge in [0.1, 0.15) is 13.2 Å². The van der Waals surface area contributed by atoms with Crippen LogP contribution in [0.4, 0.5) is 0 Å². The van der Waals surface area contributed by atoms with Crippen molar-refractivity contribution in [3.63, 3.8) is 0 Å². The molecular formula is C61H102O6. The van der Waals surface area contributed by atoms with Gasteiger partial charge in [-0.3, -0.25) is 14.4 Å². The summed E-state index contributed by atoms with van der Waals surface area (Å²) in [6, 6.07) is 0. The van der Waals surface area contributed by atoms with Gasteiger partial charge in [0.2, 0.25) is 0 Å². The van der Waals surface area contributed by atoms with E-state index in [4.69, 9.17) is 14.2 Å². The Morgan fingerprint density at radius 2 is 0.627 bits per heavy atom. The normalized spacial score (nSPS) is 12.8. The predicted octanol–water partition coefficient (Wildman–Crippen LogP) is 18.5. The van der Waals surface area contributed by atoms with Crippen LogP contribution in [-0.4, -0.2) is 37.2 Å². The Bertz CT molecular complexity index is 1350. The fourth-order valence-corrected chi connectivity index (χ4v) is 7.39. The number of ether oxygens (including phenoxy) is 3. The van der Waals surface area contributed by atoms with Gasteiger partial charge in [-0.25, -0.2) is 0 Å². The summed E-state index contributed by atoms with van der Waals surface area (Å²) in [4.78, 5) is 38.1. The van der Waals surface area contributed by atoms with Crippen molar-refractivity contribution in [3.8, 4) is 0 Å². The summed E-state index contributed by atoms with van der Waals surface area (Å²) in [6.07, 6.45) is 72.5. The van der Waals surface area contributed by atoms with E-state index in [1.807, 2.05) is 0 Å². The Labute approximate surface area is 413 Å². The molecule has 6 heteroatoms.